The number of nitrogens with zero attached hydrogens (tertiary/aromatic N) is 1. The molecule has 1 heterocycles. The zero-order valence-electron chi connectivity index (χ0n) is 8.66. The van der Waals surface area contributed by atoms with E-state index < -0.39 is 6.10 Å². The summed E-state index contributed by atoms with van der Waals surface area (Å²) < 4.78 is 6.23. The maximum Gasteiger partial charge on any atom is 0.260 e. The third kappa shape index (κ3) is 3.87. The normalized spacial score (nSPS) is 11.9. The highest BCUT2D eigenvalue weighted by atomic mass is 79.9. The molecule has 1 unspecified atom stereocenters. The minimum Gasteiger partial charge on any atom is -0.479 e. The van der Waals surface area contributed by atoms with E-state index in [1.54, 1.807) is 25.4 Å². The molecule has 0 aliphatic carbocycles. The lowest BCUT2D eigenvalue weighted by molar-refractivity contribution is -0.127. The van der Waals surface area contributed by atoms with E-state index in [-0.39, 0.29) is 5.91 Å². The van der Waals surface area contributed by atoms with E-state index in [0.29, 0.717) is 12.3 Å². The summed E-state index contributed by atoms with van der Waals surface area (Å²) in [5.41, 5.74) is 0. The van der Waals surface area contributed by atoms with Gasteiger partial charge in [-0.1, -0.05) is 0 Å². The first-order valence-electron chi connectivity index (χ1n) is 4.68. The molecule has 1 aromatic heterocycles. The van der Waals surface area contributed by atoms with Gasteiger partial charge in [0.05, 0.1) is 6.20 Å². The molecule has 1 aromatic rings. The number of ether oxygens (including phenoxy) is 1. The Labute approximate surface area is 97.2 Å². The number of carbonyl (C=O) groups excluding carboxylic acids is 1. The molecule has 0 saturated carbocycles. The summed E-state index contributed by atoms with van der Waals surface area (Å²) in [5, 5.41) is 2.68. The summed E-state index contributed by atoms with van der Waals surface area (Å²) in [7, 11) is 0. The maximum absolute atomic E-state index is 11.4. The SMILES string of the molecule is CCNC(=O)C(C)Oc1cncc(Br)c1. The lowest BCUT2D eigenvalue weighted by Crippen LogP contribution is -2.36. The van der Waals surface area contributed by atoms with Crippen molar-refractivity contribution in [3.05, 3.63) is 22.9 Å². The fourth-order valence-corrected chi connectivity index (χ4v) is 1.38. The summed E-state index contributed by atoms with van der Waals surface area (Å²) >= 11 is 3.28. The Hall–Kier alpha value is -1.10. The van der Waals surface area contributed by atoms with Crippen LogP contribution in [0.3, 0.4) is 0 Å². The zero-order chi connectivity index (χ0) is 11.3. The average Bonchev–Trinajstić information content (AvgIpc) is 2.18. The molecule has 0 aliphatic heterocycles. The second-order valence-electron chi connectivity index (χ2n) is 2.99. The number of amides is 1. The predicted molar refractivity (Wildman–Crippen MR) is 60.7 cm³/mol. The molecule has 0 aliphatic rings. The Morgan fingerprint density at radius 2 is 2.40 bits per heavy atom. The molecule has 0 saturated heterocycles. The van der Waals surface area contributed by atoms with Gasteiger partial charge in [0.15, 0.2) is 6.10 Å². The van der Waals surface area contributed by atoms with Crippen LogP contribution in [-0.2, 0) is 4.79 Å². The van der Waals surface area contributed by atoms with Gasteiger partial charge in [0.1, 0.15) is 5.75 Å². The minimum absolute atomic E-state index is 0.127. The Morgan fingerprint density at radius 3 is 3.00 bits per heavy atom. The van der Waals surface area contributed by atoms with Crippen molar-refractivity contribution in [3.8, 4) is 5.75 Å². The molecule has 4 nitrogen and oxygen atoms in total. The molecule has 1 N–H and O–H groups in total. The molecule has 0 aromatic carbocycles. The monoisotopic (exact) mass is 272 g/mol. The number of halogens is 1. The molecular weight excluding hydrogens is 260 g/mol. The Bertz CT molecular complexity index is 344. The third-order valence-electron chi connectivity index (χ3n) is 1.71. The highest BCUT2D eigenvalue weighted by Gasteiger charge is 2.13. The second-order valence-corrected chi connectivity index (χ2v) is 3.91. The van der Waals surface area contributed by atoms with Crippen LogP contribution in [0.15, 0.2) is 22.9 Å². The van der Waals surface area contributed by atoms with Crippen LogP contribution in [0.1, 0.15) is 13.8 Å². The molecule has 0 fully saturated rings. The molecular formula is C10H13BrN2O2. The highest BCUT2D eigenvalue weighted by Crippen LogP contribution is 2.16. The van der Waals surface area contributed by atoms with Gasteiger partial charge in [0.2, 0.25) is 0 Å². The van der Waals surface area contributed by atoms with Gasteiger partial charge in [0, 0.05) is 17.2 Å². The molecule has 1 amide bonds. The molecule has 0 bridgehead atoms. The van der Waals surface area contributed by atoms with Gasteiger partial charge in [-0.25, -0.2) is 0 Å². The Kier molecular flexibility index (Phi) is 4.55. The molecule has 1 atom stereocenters. The molecule has 0 spiro atoms. The van der Waals surface area contributed by atoms with E-state index >= 15 is 0 Å². The number of rotatable bonds is 4. The number of aromatic nitrogens is 1. The molecule has 15 heavy (non-hydrogen) atoms. The summed E-state index contributed by atoms with van der Waals surface area (Å²) in [4.78, 5) is 15.3. The summed E-state index contributed by atoms with van der Waals surface area (Å²) in [6.45, 7) is 4.17. The van der Waals surface area contributed by atoms with Crippen LogP contribution in [0.2, 0.25) is 0 Å². The van der Waals surface area contributed by atoms with Gasteiger partial charge in [-0.05, 0) is 35.8 Å². The van der Waals surface area contributed by atoms with Crippen LogP contribution < -0.4 is 10.1 Å². The highest BCUT2D eigenvalue weighted by molar-refractivity contribution is 9.10. The largest absolute Gasteiger partial charge is 0.479 e. The molecule has 0 radical (unpaired) electrons. The Balaban J connectivity index is 2.58. The van der Waals surface area contributed by atoms with Gasteiger partial charge in [0.25, 0.3) is 5.91 Å². The number of likely N-dealkylation sites (N-methyl/N-ethyl adjacent to an activating group) is 1. The topological polar surface area (TPSA) is 51.2 Å². The van der Waals surface area contributed by atoms with Crippen LogP contribution in [0.5, 0.6) is 5.75 Å². The Morgan fingerprint density at radius 1 is 1.67 bits per heavy atom. The minimum atomic E-state index is -0.513. The van der Waals surface area contributed by atoms with Gasteiger partial charge in [-0.15, -0.1) is 0 Å². The second kappa shape index (κ2) is 5.70. The quantitative estimate of drug-likeness (QED) is 0.909. The van der Waals surface area contributed by atoms with E-state index in [0.717, 1.165) is 4.47 Å². The molecule has 5 heteroatoms. The first-order chi connectivity index (χ1) is 7.13. The van der Waals surface area contributed by atoms with E-state index in [2.05, 4.69) is 26.2 Å². The van der Waals surface area contributed by atoms with E-state index in [1.807, 2.05) is 6.92 Å². The number of pyridine rings is 1. The zero-order valence-corrected chi connectivity index (χ0v) is 10.2. The maximum atomic E-state index is 11.4. The van der Waals surface area contributed by atoms with Crippen LogP contribution in [0.25, 0.3) is 0 Å². The molecule has 1 rings (SSSR count). The lowest BCUT2D eigenvalue weighted by Gasteiger charge is -2.13. The lowest BCUT2D eigenvalue weighted by atomic mass is 10.3. The van der Waals surface area contributed by atoms with Crippen molar-refractivity contribution in [2.45, 2.75) is 20.0 Å². The van der Waals surface area contributed by atoms with Crippen molar-refractivity contribution in [1.82, 2.24) is 10.3 Å². The van der Waals surface area contributed by atoms with Crippen LogP contribution in [-0.4, -0.2) is 23.5 Å². The van der Waals surface area contributed by atoms with Crippen molar-refractivity contribution in [2.24, 2.45) is 0 Å². The number of hydrogen-bond donors (Lipinski definition) is 1. The van der Waals surface area contributed by atoms with Crippen LogP contribution in [0, 0.1) is 0 Å². The third-order valence-corrected chi connectivity index (χ3v) is 2.15. The van der Waals surface area contributed by atoms with Gasteiger partial charge in [-0.3, -0.25) is 9.78 Å². The molecule has 82 valence electrons. The van der Waals surface area contributed by atoms with Crippen molar-refractivity contribution in [1.29, 1.82) is 0 Å². The smallest absolute Gasteiger partial charge is 0.260 e. The van der Waals surface area contributed by atoms with Crippen molar-refractivity contribution in [2.75, 3.05) is 6.54 Å². The first-order valence-corrected chi connectivity index (χ1v) is 5.47. The summed E-state index contributed by atoms with van der Waals surface area (Å²) in [6.07, 6.45) is 2.71. The van der Waals surface area contributed by atoms with Gasteiger partial charge in [-0.2, -0.15) is 0 Å². The van der Waals surface area contributed by atoms with Crippen molar-refractivity contribution in [3.63, 3.8) is 0 Å². The van der Waals surface area contributed by atoms with Crippen LogP contribution in [0.4, 0.5) is 0 Å². The van der Waals surface area contributed by atoms with E-state index in [1.165, 1.54) is 0 Å². The number of carbonyl (C=O) groups is 1. The standard InChI is InChI=1S/C10H13BrN2O2/c1-3-13-10(14)7(2)15-9-4-8(11)5-12-6-9/h4-7H,3H2,1-2H3,(H,13,14). The van der Waals surface area contributed by atoms with Gasteiger partial charge < -0.3 is 10.1 Å². The first kappa shape index (κ1) is 12.0. The van der Waals surface area contributed by atoms with Crippen LogP contribution >= 0.6 is 15.9 Å². The average molecular weight is 273 g/mol. The van der Waals surface area contributed by atoms with E-state index in [9.17, 15) is 4.79 Å². The number of nitrogens with one attached hydrogen (secondary N) is 1. The summed E-state index contributed by atoms with van der Waals surface area (Å²) in [6, 6.07) is 1.77. The fourth-order valence-electron chi connectivity index (χ4n) is 1.03. The summed E-state index contributed by atoms with van der Waals surface area (Å²) in [5.74, 6) is 0.445. The predicted octanol–water partition coefficient (Wildman–Crippen LogP) is 1.75. The van der Waals surface area contributed by atoms with Crippen molar-refractivity contribution >= 4 is 21.8 Å². The van der Waals surface area contributed by atoms with E-state index in [4.69, 9.17) is 4.74 Å². The fraction of sp³-hybridized carbons (Fsp3) is 0.400. The number of hydrogen-bond acceptors (Lipinski definition) is 3. The van der Waals surface area contributed by atoms with Gasteiger partial charge >= 0.3 is 0 Å². The van der Waals surface area contributed by atoms with Crippen molar-refractivity contribution < 1.29 is 9.53 Å².